The van der Waals surface area contributed by atoms with E-state index in [1.54, 1.807) is 7.11 Å². The Bertz CT molecular complexity index is 1240. The lowest BCUT2D eigenvalue weighted by Crippen LogP contribution is -2.52. The molecule has 0 unspecified atom stereocenters. The number of carbonyl (C=O) groups excluding carboxylic acids is 2. The third-order valence-corrected chi connectivity index (χ3v) is 10.9. The lowest BCUT2D eigenvalue weighted by atomic mass is 9.54. The fourth-order valence-corrected chi connectivity index (χ4v) is 8.44. The van der Waals surface area contributed by atoms with Gasteiger partial charge in [-0.2, -0.15) is 0 Å². The number of benzene rings is 2. The largest absolute Gasteiger partial charge is 0.496 e. The topological polar surface area (TPSA) is 52.6 Å². The zero-order chi connectivity index (χ0) is 28.8. The van der Waals surface area contributed by atoms with Crippen LogP contribution in [0.1, 0.15) is 108 Å². The van der Waals surface area contributed by atoms with Crippen molar-refractivity contribution in [2.45, 2.75) is 109 Å². The van der Waals surface area contributed by atoms with Crippen molar-refractivity contribution < 1.29 is 19.1 Å². The second-order valence-electron chi connectivity index (χ2n) is 14.0. The molecule has 0 amide bonds. The van der Waals surface area contributed by atoms with Crippen LogP contribution in [-0.4, -0.2) is 25.0 Å². The summed E-state index contributed by atoms with van der Waals surface area (Å²) < 4.78 is 12.4. The summed E-state index contributed by atoms with van der Waals surface area (Å²) in [6.45, 7) is 13.5. The van der Waals surface area contributed by atoms with Crippen molar-refractivity contribution in [3.8, 4) is 5.75 Å². The number of rotatable bonds is 6. The maximum Gasteiger partial charge on any atom is 0.317 e. The SMILES string of the molecule is COc1c(C(C)C)ccc2c1CC[C@H]1[C@H](C(=O)O[C@H]3C[C@H](C)CC[C@H]3C(C)(C)c3ccccc3)C(=O)CC[C@]21C. The molecule has 6 atom stereocenters. The molecule has 0 spiro atoms. The predicted octanol–water partition coefficient (Wildman–Crippen LogP) is 7.94. The van der Waals surface area contributed by atoms with E-state index < -0.39 is 5.92 Å². The maximum absolute atomic E-state index is 14.1. The van der Waals surface area contributed by atoms with E-state index in [9.17, 15) is 9.59 Å². The molecule has 216 valence electrons. The third kappa shape index (κ3) is 4.90. The second-order valence-corrected chi connectivity index (χ2v) is 14.0. The van der Waals surface area contributed by atoms with Crippen molar-refractivity contribution in [2.24, 2.45) is 23.7 Å². The van der Waals surface area contributed by atoms with Gasteiger partial charge < -0.3 is 9.47 Å². The molecule has 4 heteroatoms. The lowest BCUT2D eigenvalue weighted by molar-refractivity contribution is -0.169. The first kappa shape index (κ1) is 28.9. The van der Waals surface area contributed by atoms with Crippen LogP contribution >= 0.6 is 0 Å². The van der Waals surface area contributed by atoms with Crippen molar-refractivity contribution in [3.05, 3.63) is 64.7 Å². The van der Waals surface area contributed by atoms with E-state index >= 15 is 0 Å². The van der Waals surface area contributed by atoms with Crippen molar-refractivity contribution in [1.29, 1.82) is 0 Å². The average Bonchev–Trinajstić information content (AvgIpc) is 2.93. The molecule has 0 N–H and O–H groups in total. The van der Waals surface area contributed by atoms with Gasteiger partial charge in [-0.3, -0.25) is 9.59 Å². The molecule has 0 aromatic heterocycles. The number of carbonyl (C=O) groups is 2. The molecule has 2 aromatic rings. The van der Waals surface area contributed by atoms with Crippen LogP contribution in [0.2, 0.25) is 0 Å². The number of ether oxygens (including phenoxy) is 2. The first-order valence-electron chi connectivity index (χ1n) is 15.5. The van der Waals surface area contributed by atoms with E-state index in [0.29, 0.717) is 18.3 Å². The van der Waals surface area contributed by atoms with Gasteiger partial charge in [0.05, 0.1) is 7.11 Å². The van der Waals surface area contributed by atoms with Gasteiger partial charge in [0.1, 0.15) is 23.6 Å². The molecule has 0 bridgehead atoms. The highest BCUT2D eigenvalue weighted by Gasteiger charge is 2.54. The van der Waals surface area contributed by atoms with Gasteiger partial charge in [-0.15, -0.1) is 0 Å². The molecule has 0 radical (unpaired) electrons. The zero-order valence-corrected chi connectivity index (χ0v) is 25.6. The Labute approximate surface area is 241 Å². The summed E-state index contributed by atoms with van der Waals surface area (Å²) in [6.07, 6.45) is 5.63. The van der Waals surface area contributed by atoms with Crippen molar-refractivity contribution in [3.63, 3.8) is 0 Å². The number of hydrogen-bond donors (Lipinski definition) is 0. The normalized spacial score (nSPS) is 30.4. The van der Waals surface area contributed by atoms with Crippen molar-refractivity contribution in [2.75, 3.05) is 7.11 Å². The first-order valence-corrected chi connectivity index (χ1v) is 15.5. The molecule has 2 fully saturated rings. The smallest absolute Gasteiger partial charge is 0.317 e. The van der Waals surface area contributed by atoms with E-state index in [4.69, 9.17) is 9.47 Å². The standard InChI is InChI=1S/C36H48O4/c1-22(2)25-14-17-27-26(33(25)39-7)15-18-29-32(30(37)19-20-36(27,29)6)34(38)40-31-21-23(3)13-16-28(31)35(4,5)24-11-9-8-10-12-24/h8-12,14,17,22-23,28-29,31-32H,13,15-16,18-21H2,1-7H3/t23-,28-,29+,31+,32+,36-/m1/s1. The van der Waals surface area contributed by atoms with Crippen LogP contribution in [0.5, 0.6) is 5.75 Å². The Kier molecular flexibility index (Phi) is 7.94. The fraction of sp³-hybridized carbons (Fsp3) is 0.611. The molecule has 0 heterocycles. The minimum atomic E-state index is -0.694. The zero-order valence-electron chi connectivity index (χ0n) is 25.6. The summed E-state index contributed by atoms with van der Waals surface area (Å²) >= 11 is 0. The minimum absolute atomic E-state index is 0.0510. The van der Waals surface area contributed by atoms with Gasteiger partial charge in [0.15, 0.2) is 0 Å². The summed E-state index contributed by atoms with van der Waals surface area (Å²) in [6, 6.07) is 15.0. The van der Waals surface area contributed by atoms with Gasteiger partial charge in [-0.05, 0) is 82.9 Å². The monoisotopic (exact) mass is 544 g/mol. The molecule has 4 nitrogen and oxygen atoms in total. The summed E-state index contributed by atoms with van der Waals surface area (Å²) in [7, 11) is 1.76. The molecule has 3 aliphatic rings. The van der Waals surface area contributed by atoms with E-state index in [0.717, 1.165) is 44.3 Å². The molecule has 5 rings (SSSR count). The quantitative estimate of drug-likeness (QED) is 0.274. The molecule has 40 heavy (non-hydrogen) atoms. The average molecular weight is 545 g/mol. The molecule has 2 saturated carbocycles. The second kappa shape index (κ2) is 11.0. The number of fused-ring (bicyclic) bond motifs is 3. The lowest BCUT2D eigenvalue weighted by Gasteiger charge is -2.50. The molecule has 0 saturated heterocycles. The summed E-state index contributed by atoms with van der Waals surface area (Å²) in [5.74, 6) is 1.10. The number of hydrogen-bond acceptors (Lipinski definition) is 4. The van der Waals surface area contributed by atoms with Crippen LogP contribution in [0.3, 0.4) is 0 Å². The third-order valence-electron chi connectivity index (χ3n) is 10.9. The minimum Gasteiger partial charge on any atom is -0.496 e. The summed E-state index contributed by atoms with van der Waals surface area (Å²) in [4.78, 5) is 27.6. The molecule has 2 aromatic carbocycles. The van der Waals surface area contributed by atoms with Gasteiger partial charge >= 0.3 is 5.97 Å². The first-order chi connectivity index (χ1) is 19.0. The highest BCUT2D eigenvalue weighted by Crippen LogP contribution is 2.54. The van der Waals surface area contributed by atoms with Gasteiger partial charge in [0, 0.05) is 12.3 Å². The molecular formula is C36H48O4. The highest BCUT2D eigenvalue weighted by molar-refractivity contribution is 6.00. The fourth-order valence-electron chi connectivity index (χ4n) is 8.44. The Morgan fingerprint density at radius 3 is 2.42 bits per heavy atom. The van der Waals surface area contributed by atoms with Crippen molar-refractivity contribution >= 4 is 11.8 Å². The van der Waals surface area contributed by atoms with E-state index in [-0.39, 0.29) is 40.5 Å². The van der Waals surface area contributed by atoms with Crippen molar-refractivity contribution in [1.82, 2.24) is 0 Å². The van der Waals surface area contributed by atoms with Crippen LogP contribution in [0.4, 0.5) is 0 Å². The van der Waals surface area contributed by atoms with Gasteiger partial charge in [0.2, 0.25) is 0 Å². The number of methoxy groups -OCH3 is 1. The predicted molar refractivity (Wildman–Crippen MR) is 160 cm³/mol. The van der Waals surface area contributed by atoms with Crippen LogP contribution < -0.4 is 4.74 Å². The van der Waals surface area contributed by atoms with Crippen LogP contribution in [0.15, 0.2) is 42.5 Å². The van der Waals surface area contributed by atoms with Crippen LogP contribution in [0, 0.1) is 23.7 Å². The van der Waals surface area contributed by atoms with Crippen LogP contribution in [-0.2, 0) is 31.6 Å². The van der Waals surface area contributed by atoms with E-state index in [1.165, 1.54) is 22.3 Å². The Hall–Kier alpha value is -2.62. The Balaban J connectivity index is 1.44. The van der Waals surface area contributed by atoms with Gasteiger partial charge in [-0.1, -0.05) is 90.4 Å². The van der Waals surface area contributed by atoms with Gasteiger partial charge in [-0.25, -0.2) is 0 Å². The number of esters is 1. The van der Waals surface area contributed by atoms with Gasteiger partial charge in [0.25, 0.3) is 0 Å². The Morgan fingerprint density at radius 2 is 1.75 bits per heavy atom. The molecule has 3 aliphatic carbocycles. The molecular weight excluding hydrogens is 496 g/mol. The van der Waals surface area contributed by atoms with E-state index in [1.807, 2.05) is 6.07 Å². The van der Waals surface area contributed by atoms with Crippen LogP contribution in [0.25, 0.3) is 0 Å². The summed E-state index contributed by atoms with van der Waals surface area (Å²) in [5.41, 5.74) is 4.63. The summed E-state index contributed by atoms with van der Waals surface area (Å²) in [5, 5.41) is 0. The number of ketones is 1. The number of Topliss-reactive ketones (excluding diaryl/α,β-unsaturated/α-hetero) is 1. The maximum atomic E-state index is 14.1. The Morgan fingerprint density at radius 1 is 1.02 bits per heavy atom. The highest BCUT2D eigenvalue weighted by atomic mass is 16.5. The van der Waals surface area contributed by atoms with E-state index in [2.05, 4.69) is 77.9 Å². The molecule has 0 aliphatic heterocycles.